The van der Waals surface area contributed by atoms with Gasteiger partial charge in [-0.05, 0) is 30.7 Å². The van der Waals surface area contributed by atoms with E-state index in [-0.39, 0.29) is 0 Å². The fraction of sp³-hybridized carbons (Fsp3) is 0.417. The zero-order valence-electron chi connectivity index (χ0n) is 8.90. The fourth-order valence-corrected chi connectivity index (χ4v) is 1.09. The van der Waals surface area contributed by atoms with Crippen LogP contribution in [0.5, 0.6) is 5.75 Å². The lowest BCUT2D eigenvalue weighted by Gasteiger charge is -2.06. The van der Waals surface area contributed by atoms with Gasteiger partial charge >= 0.3 is 0 Å². The third-order valence-corrected chi connectivity index (χ3v) is 1.83. The Morgan fingerprint density at radius 2 is 1.87 bits per heavy atom. The van der Waals surface area contributed by atoms with Crippen LogP contribution in [-0.4, -0.2) is 19.8 Å². The lowest BCUT2D eigenvalue weighted by atomic mass is 10.2. The molecule has 15 heavy (non-hydrogen) atoms. The Morgan fingerprint density at radius 1 is 1.13 bits per heavy atom. The van der Waals surface area contributed by atoms with Crippen LogP contribution in [0.15, 0.2) is 24.3 Å². The Labute approximate surface area is 90.2 Å². The molecule has 0 amide bonds. The van der Waals surface area contributed by atoms with Gasteiger partial charge in [0.2, 0.25) is 0 Å². The quantitative estimate of drug-likeness (QED) is 0.669. The van der Waals surface area contributed by atoms with E-state index in [1.165, 1.54) is 0 Å². The van der Waals surface area contributed by atoms with Gasteiger partial charge in [0, 0.05) is 6.61 Å². The number of ether oxygens (including phenoxy) is 2. The average molecular weight is 205 g/mol. The number of nitriles is 1. The van der Waals surface area contributed by atoms with Crippen molar-refractivity contribution in [3.63, 3.8) is 0 Å². The molecule has 0 saturated heterocycles. The van der Waals surface area contributed by atoms with Crippen molar-refractivity contribution >= 4 is 0 Å². The van der Waals surface area contributed by atoms with Gasteiger partial charge in [-0.25, -0.2) is 0 Å². The topological polar surface area (TPSA) is 42.2 Å². The first-order chi connectivity index (χ1) is 7.36. The highest BCUT2D eigenvalue weighted by molar-refractivity contribution is 5.34. The molecule has 1 aromatic rings. The molecule has 0 aliphatic heterocycles. The summed E-state index contributed by atoms with van der Waals surface area (Å²) in [6.07, 6.45) is 1.02. The molecule has 1 aromatic carbocycles. The fourth-order valence-electron chi connectivity index (χ4n) is 1.09. The van der Waals surface area contributed by atoms with Crippen molar-refractivity contribution in [2.75, 3.05) is 19.8 Å². The Bertz CT molecular complexity index is 313. The first kappa shape index (κ1) is 11.5. The number of rotatable bonds is 6. The lowest BCUT2D eigenvalue weighted by molar-refractivity contribution is 0.101. The molecule has 0 heterocycles. The Hall–Kier alpha value is -1.53. The largest absolute Gasteiger partial charge is 0.491 e. The van der Waals surface area contributed by atoms with Crippen LogP contribution in [-0.2, 0) is 4.74 Å². The van der Waals surface area contributed by atoms with Crippen molar-refractivity contribution < 1.29 is 9.47 Å². The first-order valence-electron chi connectivity index (χ1n) is 5.07. The third kappa shape index (κ3) is 4.48. The molecular weight excluding hydrogens is 190 g/mol. The summed E-state index contributed by atoms with van der Waals surface area (Å²) in [5.41, 5.74) is 0.643. The highest BCUT2D eigenvalue weighted by atomic mass is 16.5. The van der Waals surface area contributed by atoms with E-state index in [1.54, 1.807) is 24.3 Å². The Morgan fingerprint density at radius 3 is 2.47 bits per heavy atom. The maximum atomic E-state index is 8.59. The summed E-state index contributed by atoms with van der Waals surface area (Å²) < 4.78 is 10.7. The molecule has 0 aliphatic carbocycles. The average Bonchev–Trinajstić information content (AvgIpc) is 2.30. The maximum Gasteiger partial charge on any atom is 0.119 e. The minimum Gasteiger partial charge on any atom is -0.491 e. The van der Waals surface area contributed by atoms with E-state index in [4.69, 9.17) is 14.7 Å². The zero-order valence-corrected chi connectivity index (χ0v) is 8.90. The third-order valence-electron chi connectivity index (χ3n) is 1.83. The van der Waals surface area contributed by atoms with Gasteiger partial charge in [-0.15, -0.1) is 0 Å². The maximum absolute atomic E-state index is 8.59. The molecule has 0 fully saturated rings. The van der Waals surface area contributed by atoms with E-state index >= 15 is 0 Å². The van der Waals surface area contributed by atoms with Gasteiger partial charge < -0.3 is 9.47 Å². The van der Waals surface area contributed by atoms with Crippen LogP contribution in [0.2, 0.25) is 0 Å². The first-order valence-corrected chi connectivity index (χ1v) is 5.07. The molecule has 0 aromatic heterocycles. The minimum absolute atomic E-state index is 0.548. The SMILES string of the molecule is CCCOCCOc1ccc(C#N)cc1. The van der Waals surface area contributed by atoms with Crippen LogP contribution < -0.4 is 4.74 Å². The molecule has 0 bridgehead atoms. The van der Waals surface area contributed by atoms with Gasteiger partial charge in [0.1, 0.15) is 12.4 Å². The summed E-state index contributed by atoms with van der Waals surface area (Å²) in [6.45, 7) is 4.00. The van der Waals surface area contributed by atoms with E-state index in [1.807, 2.05) is 0 Å². The Kier molecular flexibility index (Phi) is 5.28. The standard InChI is InChI=1S/C12H15NO2/c1-2-7-14-8-9-15-12-5-3-11(10-13)4-6-12/h3-6H,2,7-9H2,1H3. The molecule has 1 rings (SSSR count). The molecule has 0 N–H and O–H groups in total. The van der Waals surface area contributed by atoms with E-state index < -0.39 is 0 Å². The van der Waals surface area contributed by atoms with E-state index in [2.05, 4.69) is 13.0 Å². The lowest BCUT2D eigenvalue weighted by Crippen LogP contribution is -2.06. The molecule has 0 radical (unpaired) electrons. The summed E-state index contributed by atoms with van der Waals surface area (Å²) in [5, 5.41) is 8.59. The van der Waals surface area contributed by atoms with Crippen molar-refractivity contribution in [2.45, 2.75) is 13.3 Å². The number of nitrogens with zero attached hydrogens (tertiary/aromatic N) is 1. The van der Waals surface area contributed by atoms with Crippen LogP contribution in [0.4, 0.5) is 0 Å². The van der Waals surface area contributed by atoms with Crippen LogP contribution in [0.1, 0.15) is 18.9 Å². The normalized spacial score (nSPS) is 9.60. The number of hydrogen-bond donors (Lipinski definition) is 0. The summed E-state index contributed by atoms with van der Waals surface area (Å²) in [5.74, 6) is 0.772. The van der Waals surface area contributed by atoms with E-state index in [9.17, 15) is 0 Å². The van der Waals surface area contributed by atoms with E-state index in [0.29, 0.717) is 18.8 Å². The summed E-state index contributed by atoms with van der Waals surface area (Å²) in [6, 6.07) is 9.11. The van der Waals surface area contributed by atoms with Crippen LogP contribution >= 0.6 is 0 Å². The number of benzene rings is 1. The highest BCUT2D eigenvalue weighted by Gasteiger charge is 1.94. The molecule has 3 heteroatoms. The predicted molar refractivity (Wildman–Crippen MR) is 57.8 cm³/mol. The van der Waals surface area contributed by atoms with E-state index in [0.717, 1.165) is 18.8 Å². The Balaban J connectivity index is 2.23. The molecular formula is C12H15NO2. The summed E-state index contributed by atoms with van der Waals surface area (Å²) >= 11 is 0. The molecule has 0 saturated carbocycles. The molecule has 0 unspecified atom stereocenters. The van der Waals surface area contributed by atoms with Gasteiger partial charge in [0.05, 0.1) is 18.2 Å². The van der Waals surface area contributed by atoms with Crippen molar-refractivity contribution in [3.05, 3.63) is 29.8 Å². The highest BCUT2D eigenvalue weighted by Crippen LogP contribution is 2.11. The smallest absolute Gasteiger partial charge is 0.119 e. The van der Waals surface area contributed by atoms with Crippen molar-refractivity contribution in [1.82, 2.24) is 0 Å². The molecule has 0 aliphatic rings. The van der Waals surface area contributed by atoms with Gasteiger partial charge in [-0.2, -0.15) is 5.26 Å². The second-order valence-corrected chi connectivity index (χ2v) is 3.10. The van der Waals surface area contributed by atoms with Gasteiger partial charge in [0.25, 0.3) is 0 Å². The van der Waals surface area contributed by atoms with Crippen LogP contribution in [0.3, 0.4) is 0 Å². The van der Waals surface area contributed by atoms with Crippen LogP contribution in [0.25, 0.3) is 0 Å². The van der Waals surface area contributed by atoms with Gasteiger partial charge in [-0.3, -0.25) is 0 Å². The second-order valence-electron chi connectivity index (χ2n) is 3.10. The summed E-state index contributed by atoms with van der Waals surface area (Å²) in [4.78, 5) is 0. The monoisotopic (exact) mass is 205 g/mol. The van der Waals surface area contributed by atoms with Gasteiger partial charge in [0.15, 0.2) is 0 Å². The summed E-state index contributed by atoms with van der Waals surface area (Å²) in [7, 11) is 0. The van der Waals surface area contributed by atoms with Crippen LogP contribution in [0, 0.1) is 11.3 Å². The molecule has 0 spiro atoms. The van der Waals surface area contributed by atoms with Crippen molar-refractivity contribution in [3.8, 4) is 11.8 Å². The second kappa shape index (κ2) is 6.86. The number of hydrogen-bond acceptors (Lipinski definition) is 3. The zero-order chi connectivity index (χ0) is 10.9. The van der Waals surface area contributed by atoms with Crippen molar-refractivity contribution in [1.29, 1.82) is 5.26 Å². The molecule has 3 nitrogen and oxygen atoms in total. The minimum atomic E-state index is 0.548. The van der Waals surface area contributed by atoms with Crippen molar-refractivity contribution in [2.24, 2.45) is 0 Å². The molecule has 80 valence electrons. The molecule has 0 atom stereocenters. The van der Waals surface area contributed by atoms with Gasteiger partial charge in [-0.1, -0.05) is 6.92 Å². The predicted octanol–water partition coefficient (Wildman–Crippen LogP) is 2.36.